The zero-order valence-electron chi connectivity index (χ0n) is 13.1. The van der Waals surface area contributed by atoms with Crippen LogP contribution in [0.25, 0.3) is 0 Å². The largest absolute Gasteiger partial charge is 0.748 e. The maximum absolute atomic E-state index is 2.35. The molecular formula is C19H28Fe-6. The molecule has 1 heteroatoms. The molecule has 2 aromatic rings. The molecule has 0 nitrogen and oxygen atoms in total. The first-order valence-corrected chi connectivity index (χ1v) is 7.76. The molecule has 0 bridgehead atoms. The van der Waals surface area contributed by atoms with Crippen LogP contribution < -0.4 is 0 Å². The molecule has 0 unspecified atom stereocenters. The fraction of sp³-hybridized carbons (Fsp3) is 0.474. The van der Waals surface area contributed by atoms with Crippen LogP contribution in [0.1, 0.15) is 56.7 Å². The fourth-order valence-corrected chi connectivity index (χ4v) is 2.51. The van der Waals surface area contributed by atoms with Crippen molar-refractivity contribution in [2.24, 2.45) is 0 Å². The number of aryl methyl sites for hydroxylation is 2. The van der Waals surface area contributed by atoms with Crippen molar-refractivity contribution in [2.75, 3.05) is 0 Å². The molecule has 0 N–H and O–H groups in total. The Balaban J connectivity index is 0.000000507. The summed E-state index contributed by atoms with van der Waals surface area (Å²) in [5, 5.41) is 0. The van der Waals surface area contributed by atoms with E-state index in [2.05, 4.69) is 32.9 Å². The molecule has 0 saturated carbocycles. The van der Waals surface area contributed by atoms with Gasteiger partial charge in [-0.05, 0) is 0 Å². The van der Waals surface area contributed by atoms with Crippen molar-refractivity contribution >= 4 is 0 Å². The van der Waals surface area contributed by atoms with E-state index in [0.29, 0.717) is 0 Å². The first kappa shape index (κ1) is 19.2. The van der Waals surface area contributed by atoms with Crippen molar-refractivity contribution in [1.29, 1.82) is 0 Å². The Morgan fingerprint density at radius 1 is 0.850 bits per heavy atom. The third kappa shape index (κ3) is 6.59. The van der Waals surface area contributed by atoms with Crippen molar-refractivity contribution < 1.29 is 17.1 Å². The molecular weight excluding hydrogens is 284 g/mol. The van der Waals surface area contributed by atoms with Crippen LogP contribution in [0.4, 0.5) is 0 Å². The second kappa shape index (κ2) is 12.0. The molecule has 0 aliphatic carbocycles. The Morgan fingerprint density at radius 2 is 1.40 bits per heavy atom. The maximum Gasteiger partial charge on any atom is 0 e. The zero-order chi connectivity index (χ0) is 13.9. The van der Waals surface area contributed by atoms with E-state index in [1.165, 1.54) is 38.5 Å². The van der Waals surface area contributed by atoms with Crippen LogP contribution >= 0.6 is 0 Å². The first-order chi connectivity index (χ1) is 9.33. The average molecular weight is 312 g/mol. The van der Waals surface area contributed by atoms with E-state index in [-0.39, 0.29) is 17.1 Å². The summed E-state index contributed by atoms with van der Waals surface area (Å²) in [5.74, 6) is 0. The molecule has 0 fully saturated rings. The summed E-state index contributed by atoms with van der Waals surface area (Å²) in [7, 11) is 0. The molecule has 0 heterocycles. The zero-order valence-corrected chi connectivity index (χ0v) is 14.2. The standard InChI is InChI=1S/C14H23.C5H5.Fe/c1-4-7-12-10-11-13(8-5-2)14(12)9-6-3;1-2-4-5-3-1;/h10-11H,4-9H2,1-3H3;1-5H;/q-1;-5;. The number of hydrogen-bond donors (Lipinski definition) is 0. The number of rotatable bonds is 6. The third-order valence-electron chi connectivity index (χ3n) is 3.36. The summed E-state index contributed by atoms with van der Waals surface area (Å²) in [4.78, 5) is 0. The van der Waals surface area contributed by atoms with E-state index < -0.39 is 0 Å². The van der Waals surface area contributed by atoms with Crippen LogP contribution in [0.5, 0.6) is 0 Å². The molecule has 0 saturated heterocycles. The second-order valence-electron chi connectivity index (χ2n) is 5.07. The summed E-state index contributed by atoms with van der Waals surface area (Å²) in [6.45, 7) is 6.81. The van der Waals surface area contributed by atoms with Gasteiger partial charge < -0.3 is 30.3 Å². The minimum atomic E-state index is 0. The van der Waals surface area contributed by atoms with Crippen LogP contribution in [0, 0.1) is 0 Å². The fourth-order valence-electron chi connectivity index (χ4n) is 2.51. The van der Waals surface area contributed by atoms with Gasteiger partial charge in [0.1, 0.15) is 0 Å². The van der Waals surface area contributed by atoms with E-state index in [1.807, 2.05) is 30.3 Å². The second-order valence-corrected chi connectivity index (χ2v) is 5.07. The summed E-state index contributed by atoms with van der Waals surface area (Å²) in [6.07, 6.45) is 7.62. The topological polar surface area (TPSA) is 0 Å². The quantitative estimate of drug-likeness (QED) is 0.476. The van der Waals surface area contributed by atoms with Crippen molar-refractivity contribution in [3.05, 3.63) is 59.2 Å². The van der Waals surface area contributed by atoms with Crippen LogP contribution in [-0.2, 0) is 36.3 Å². The first-order valence-electron chi connectivity index (χ1n) is 7.76. The van der Waals surface area contributed by atoms with E-state index in [4.69, 9.17) is 0 Å². The van der Waals surface area contributed by atoms with Crippen LogP contribution in [-0.4, -0.2) is 0 Å². The smallest absolute Gasteiger partial charge is 0 e. The Morgan fingerprint density at radius 3 is 1.85 bits per heavy atom. The van der Waals surface area contributed by atoms with Gasteiger partial charge in [0.2, 0.25) is 0 Å². The van der Waals surface area contributed by atoms with E-state index >= 15 is 0 Å². The molecule has 0 amide bonds. The molecule has 118 valence electrons. The molecule has 0 spiro atoms. The van der Waals surface area contributed by atoms with Crippen molar-refractivity contribution in [2.45, 2.75) is 59.3 Å². The van der Waals surface area contributed by atoms with Gasteiger partial charge in [-0.1, -0.05) is 59.3 Å². The van der Waals surface area contributed by atoms with Crippen molar-refractivity contribution in [3.63, 3.8) is 0 Å². The SMILES string of the molecule is CCCc1cc[c-](CCC)c1CCC.[Fe].[cH-]1[cH-][cH-][cH-][cH-]1. The van der Waals surface area contributed by atoms with Crippen LogP contribution in [0.2, 0.25) is 0 Å². The average Bonchev–Trinajstić information content (AvgIpc) is 3.07. The summed E-state index contributed by atoms with van der Waals surface area (Å²) >= 11 is 0. The molecule has 0 atom stereocenters. The Hall–Kier alpha value is -0.781. The van der Waals surface area contributed by atoms with Gasteiger partial charge >= 0.3 is 0 Å². The van der Waals surface area contributed by atoms with Gasteiger partial charge in [0.15, 0.2) is 0 Å². The van der Waals surface area contributed by atoms with Gasteiger partial charge in [-0.3, -0.25) is 0 Å². The van der Waals surface area contributed by atoms with Crippen LogP contribution in [0.3, 0.4) is 0 Å². The molecule has 0 aliphatic heterocycles. The minimum Gasteiger partial charge on any atom is -0.748 e. The minimum absolute atomic E-state index is 0. The van der Waals surface area contributed by atoms with E-state index in [0.717, 1.165) is 0 Å². The summed E-state index contributed by atoms with van der Waals surface area (Å²) in [6, 6.07) is 14.7. The van der Waals surface area contributed by atoms with Gasteiger partial charge in [0.25, 0.3) is 0 Å². The molecule has 0 radical (unpaired) electrons. The van der Waals surface area contributed by atoms with Gasteiger partial charge in [-0.15, -0.1) is 0 Å². The maximum atomic E-state index is 2.35. The monoisotopic (exact) mass is 312 g/mol. The predicted octanol–water partition coefficient (Wildman–Crippen LogP) is 5.67. The van der Waals surface area contributed by atoms with Gasteiger partial charge in [0.05, 0.1) is 0 Å². The molecule has 2 aromatic carbocycles. The Kier molecular flexibility index (Phi) is 11.5. The van der Waals surface area contributed by atoms with Crippen molar-refractivity contribution in [1.82, 2.24) is 0 Å². The Bertz CT molecular complexity index is 368. The van der Waals surface area contributed by atoms with E-state index in [9.17, 15) is 0 Å². The molecule has 0 aliphatic rings. The summed E-state index contributed by atoms with van der Waals surface area (Å²) in [5.41, 5.74) is 4.88. The Labute approximate surface area is 135 Å². The molecule has 0 aromatic heterocycles. The van der Waals surface area contributed by atoms with Gasteiger partial charge in [-0.25, -0.2) is 6.07 Å². The van der Waals surface area contributed by atoms with E-state index in [1.54, 1.807) is 16.7 Å². The molecule has 2 rings (SSSR count). The van der Waals surface area contributed by atoms with Crippen LogP contribution in [0.15, 0.2) is 42.5 Å². The number of hydrogen-bond acceptors (Lipinski definition) is 0. The van der Waals surface area contributed by atoms with Crippen molar-refractivity contribution in [3.8, 4) is 0 Å². The summed E-state index contributed by atoms with van der Waals surface area (Å²) < 4.78 is 0. The predicted molar refractivity (Wildman–Crippen MR) is 86.1 cm³/mol. The normalized spacial score (nSPS) is 9.55. The molecule has 20 heavy (non-hydrogen) atoms. The van der Waals surface area contributed by atoms with Gasteiger partial charge in [0, 0.05) is 17.1 Å². The van der Waals surface area contributed by atoms with Gasteiger partial charge in [-0.2, -0.15) is 22.8 Å². The third-order valence-corrected chi connectivity index (χ3v) is 3.36.